The van der Waals surface area contributed by atoms with Gasteiger partial charge in [0.1, 0.15) is 40.8 Å². The van der Waals surface area contributed by atoms with Gasteiger partial charge in [0, 0.05) is 61.9 Å². The fraction of sp³-hybridized carbons (Fsp3) is 0.826. The quantitative estimate of drug-likeness (QED) is 0.0777. The van der Waals surface area contributed by atoms with Crippen molar-refractivity contribution in [3.8, 4) is 0 Å². The molecule has 11 rings (SSSR count). The third-order valence-electron chi connectivity index (χ3n) is 25.8. The van der Waals surface area contributed by atoms with Gasteiger partial charge in [0.25, 0.3) is 11.8 Å². The Kier molecular flexibility index (Phi) is 18.8. The van der Waals surface area contributed by atoms with Crippen molar-refractivity contribution < 1.29 is 59.9 Å². The van der Waals surface area contributed by atoms with Gasteiger partial charge in [-0.3, -0.25) is 33.6 Å². The molecule has 0 aromatic heterocycles. The van der Waals surface area contributed by atoms with Gasteiger partial charge in [-0.2, -0.15) is 25.4 Å². The Hall–Kier alpha value is -5.18. The van der Waals surface area contributed by atoms with Gasteiger partial charge in [-0.15, -0.1) is 13.2 Å². The number of nitrogens with one attached hydrogen (secondary N) is 6. The molecule has 4 aliphatic heterocycles. The number of hydrogen-bond acceptors (Lipinski definition) is 14. The van der Waals surface area contributed by atoms with E-state index in [1.165, 1.54) is 8.61 Å². The van der Waals surface area contributed by atoms with E-state index in [0.29, 0.717) is 65.0 Å². The van der Waals surface area contributed by atoms with Gasteiger partial charge in [-0.1, -0.05) is 113 Å². The van der Waals surface area contributed by atoms with E-state index in [9.17, 15) is 50.4 Å². The number of carbonyl (C=O) groups excluding carboxylic acids is 8. The second-order valence-corrected chi connectivity index (χ2v) is 37.8. The van der Waals surface area contributed by atoms with Crippen molar-refractivity contribution in [3.63, 3.8) is 0 Å². The summed E-state index contributed by atoms with van der Waals surface area (Å²) in [6.45, 7) is 35.2. The molecule has 26 heteroatoms. The maximum atomic E-state index is 15.1. The minimum Gasteiger partial charge on any atom is -0.444 e. The van der Waals surface area contributed by atoms with Crippen molar-refractivity contribution in [1.29, 1.82) is 0 Å². The molecule has 532 valence electrons. The van der Waals surface area contributed by atoms with E-state index in [0.717, 1.165) is 83.5 Å². The highest BCUT2D eigenvalue weighted by atomic mass is 32.2. The Bertz CT molecular complexity index is 3350. The molecule has 0 unspecified atom stereocenters. The van der Waals surface area contributed by atoms with E-state index in [1.807, 2.05) is 41.5 Å². The summed E-state index contributed by atoms with van der Waals surface area (Å²) in [4.78, 5) is 115. The highest BCUT2D eigenvalue weighted by Crippen LogP contribution is 2.89. The first-order valence-corrected chi connectivity index (χ1v) is 38.0. The van der Waals surface area contributed by atoms with Gasteiger partial charge in [0.2, 0.25) is 29.5 Å². The van der Waals surface area contributed by atoms with Crippen LogP contribution in [0.4, 0.5) is 4.79 Å². The molecule has 11 fully saturated rings. The van der Waals surface area contributed by atoms with E-state index in [4.69, 9.17) is 10.5 Å². The summed E-state index contributed by atoms with van der Waals surface area (Å²) >= 11 is 0. The third kappa shape index (κ3) is 12.2. The predicted molar refractivity (Wildman–Crippen MR) is 358 cm³/mol. The lowest BCUT2D eigenvalue weighted by Crippen LogP contribution is -2.62. The van der Waals surface area contributed by atoms with Gasteiger partial charge < -0.3 is 41.5 Å². The highest BCUT2D eigenvalue weighted by molar-refractivity contribution is 7.88. The van der Waals surface area contributed by atoms with Crippen LogP contribution in [0.3, 0.4) is 0 Å². The van der Waals surface area contributed by atoms with Gasteiger partial charge >= 0.3 is 26.5 Å². The Morgan fingerprint density at radius 2 is 0.937 bits per heavy atom. The van der Waals surface area contributed by atoms with Crippen LogP contribution in [0.2, 0.25) is 0 Å². The van der Waals surface area contributed by atoms with Crippen LogP contribution in [0.1, 0.15) is 212 Å². The van der Waals surface area contributed by atoms with Gasteiger partial charge in [-0.25, -0.2) is 14.2 Å². The van der Waals surface area contributed by atoms with Gasteiger partial charge in [0.05, 0.1) is 6.04 Å². The summed E-state index contributed by atoms with van der Waals surface area (Å²) in [5.41, 5.74) is 0.816. The first-order chi connectivity index (χ1) is 43.9. The smallest absolute Gasteiger partial charge is 0.408 e. The largest absolute Gasteiger partial charge is 0.444 e. The molecule has 11 atom stereocenters. The molecule has 24 nitrogen and oxygen atoms in total. The molecule has 4 spiro atoms. The Morgan fingerprint density at radius 3 is 1.26 bits per heavy atom. The summed E-state index contributed by atoms with van der Waals surface area (Å²) in [6.07, 6.45) is 17.4. The average Bonchev–Trinajstić information content (AvgIpc) is 1.46. The van der Waals surface area contributed by atoms with Crippen LogP contribution in [0.25, 0.3) is 0 Å². The minimum absolute atomic E-state index is 0.0141. The number of fused-ring (bicyclic) bond motifs is 2. The van der Waals surface area contributed by atoms with Crippen molar-refractivity contribution in [1.82, 2.24) is 49.1 Å². The molecule has 0 aromatic carbocycles. The summed E-state index contributed by atoms with van der Waals surface area (Å²) in [5, 5.41) is 11.7. The van der Waals surface area contributed by atoms with Crippen LogP contribution < -0.4 is 36.4 Å². The zero-order chi connectivity index (χ0) is 70.1. The second-order valence-electron chi connectivity index (χ2n) is 34.4. The minimum atomic E-state index is -4.11. The standard InChI is InChI=1S/C41H66N6O8S.C28H45N5O5S/c1-10-27-23-41(27,34(51)45-56(53,54)46-21-14-15-22-46)44-31(48)28-24-40(38(8,9)39(40)19-16-20-39)25-47(28)33(50)30(36(2,3)4)43-32(49)29(26-17-12-11-13-18-26)42-35(52)55-37(5,6)7;1-7-18-15-28(18,23(36)31-39(37,38)32-13-8-9-14-32)30-21(34)19-16-27(25(5,6)26(27)11-10-12-26)17-33(19)22(35)20(29)24(2,3)4/h10,26-30H,1,11-25H2,2-9H3,(H,42,52)(H,43,49)(H,44,48)(H,45,51);7,18-20H,1,8-17,29H2,2-6H3,(H,30,34)(H,31,36)/t27-,28+,29+,30-,40-,41-;18-,19+,20-,27-,28-/m11/s1. The molecule has 8 amide bonds. The molecule has 95 heavy (non-hydrogen) atoms. The van der Waals surface area contributed by atoms with Crippen LogP contribution in [-0.4, -0.2) is 169 Å². The van der Waals surface area contributed by atoms with Crippen LogP contribution in [-0.2, 0) is 58.7 Å². The molecule has 11 aliphatic rings. The van der Waals surface area contributed by atoms with Crippen molar-refractivity contribution in [2.75, 3.05) is 39.3 Å². The molecule has 7 saturated carbocycles. The van der Waals surface area contributed by atoms with E-state index in [1.54, 1.807) is 42.7 Å². The van der Waals surface area contributed by atoms with E-state index in [2.05, 4.69) is 71.6 Å². The van der Waals surface area contributed by atoms with Crippen molar-refractivity contribution >= 4 is 67.9 Å². The number of likely N-dealkylation sites (tertiary alicyclic amines) is 2. The number of ether oxygens (including phenoxy) is 1. The zero-order valence-corrected chi connectivity index (χ0v) is 60.5. The average molecular weight is 1370 g/mol. The number of nitrogens with two attached hydrogens (primary N) is 1. The van der Waals surface area contributed by atoms with Gasteiger partial charge in [-0.05, 0) is 149 Å². The zero-order valence-electron chi connectivity index (χ0n) is 58.9. The predicted octanol–water partition coefficient (Wildman–Crippen LogP) is 5.98. The highest BCUT2D eigenvalue weighted by Gasteiger charge is 2.87. The van der Waals surface area contributed by atoms with Gasteiger partial charge in [0.15, 0.2) is 0 Å². The number of nitrogens with zero attached hydrogens (tertiary/aromatic N) is 4. The summed E-state index contributed by atoms with van der Waals surface area (Å²) in [6, 6.07) is -4.52. The molecular formula is C69H111N11O13S2. The van der Waals surface area contributed by atoms with Crippen LogP contribution in [0.5, 0.6) is 0 Å². The lowest BCUT2D eigenvalue weighted by Gasteiger charge is -2.38. The van der Waals surface area contributed by atoms with Crippen LogP contribution >= 0.6 is 0 Å². The lowest BCUT2D eigenvalue weighted by atomic mass is 9.73. The molecule has 4 saturated heterocycles. The first-order valence-electron chi connectivity index (χ1n) is 35.2. The first kappa shape index (κ1) is 72.6. The molecule has 4 heterocycles. The number of rotatable bonds is 18. The number of alkyl carbamates (subject to hydrolysis) is 1. The third-order valence-corrected chi connectivity index (χ3v) is 28.8. The summed E-state index contributed by atoms with van der Waals surface area (Å²) in [5.74, 6) is -4.73. The molecule has 0 radical (unpaired) electrons. The van der Waals surface area contributed by atoms with E-state index in [-0.39, 0.29) is 57.2 Å². The monoisotopic (exact) mass is 1370 g/mol. The fourth-order valence-electron chi connectivity index (χ4n) is 19.1. The Morgan fingerprint density at radius 1 is 0.537 bits per heavy atom. The normalized spacial score (nSPS) is 32.7. The Labute approximate surface area is 564 Å². The van der Waals surface area contributed by atoms with E-state index >= 15 is 4.79 Å². The van der Waals surface area contributed by atoms with E-state index < -0.39 is 132 Å². The van der Waals surface area contributed by atoms with Crippen molar-refractivity contribution in [2.45, 2.75) is 259 Å². The number of amides is 8. The molecule has 7 aliphatic carbocycles. The number of hydrogen-bond donors (Lipinski definition) is 7. The molecule has 0 bridgehead atoms. The topological polar surface area (TPSA) is 325 Å². The number of carbonyl (C=O) groups is 8. The molecular weight excluding hydrogens is 1250 g/mol. The summed E-state index contributed by atoms with van der Waals surface area (Å²) < 4.78 is 64.4. The Balaban J connectivity index is 0.000000220. The molecule has 8 N–H and O–H groups in total. The molecule has 0 aromatic rings. The SMILES string of the molecule is C=C[C@@H]1C[C@]1(NC(=O)[C@@H]1C[C@@]2(CN1C(=O)[C@@H](N)C(C)(C)C)C(C)(C)C21CCC1)C(=O)NS(=O)(=O)N1CCCC1.C=C[C@@H]1C[C@]1(NC(=O)[C@@H]1C[C@@]2(CN1C(=O)[C@@H](NC(=O)[C@@H](NC(=O)OC(C)(C)C)C1CCCCC1)C(C)(C)C)C(C)(C)C21CCC1)C(=O)NS(=O)(=O)N1CCCC1. The maximum absolute atomic E-state index is 15.1. The lowest BCUT2D eigenvalue weighted by molar-refractivity contribution is -0.145. The van der Waals surface area contributed by atoms with Crippen LogP contribution in [0, 0.1) is 61.1 Å². The van der Waals surface area contributed by atoms with Crippen molar-refractivity contribution in [2.24, 2.45) is 66.8 Å². The fourth-order valence-corrected chi connectivity index (χ4v) is 21.7. The maximum Gasteiger partial charge on any atom is 0.408 e. The van der Waals surface area contributed by atoms with Crippen molar-refractivity contribution in [3.05, 3.63) is 25.3 Å². The second kappa shape index (κ2) is 24.6. The summed E-state index contributed by atoms with van der Waals surface area (Å²) in [7, 11) is -8.12. The van der Waals surface area contributed by atoms with Crippen LogP contribution in [0.15, 0.2) is 25.3 Å².